The number of anilines is 6. The van der Waals surface area contributed by atoms with Crippen LogP contribution in [0.1, 0.15) is 125 Å². The first kappa shape index (κ1) is 53.9. The summed E-state index contributed by atoms with van der Waals surface area (Å²) in [5.74, 6) is 5.59. The maximum Gasteiger partial charge on any atom is 0.0776 e. The van der Waals surface area contributed by atoms with Gasteiger partial charge in [-0.15, -0.1) is 0 Å². The molecule has 0 radical (unpaired) electrons. The number of fused-ring (bicyclic) bond motifs is 4. The summed E-state index contributed by atoms with van der Waals surface area (Å²) in [7, 11) is -6.92. The van der Waals surface area contributed by atoms with E-state index in [-0.39, 0.29) is 0 Å². The Morgan fingerprint density at radius 3 is 0.936 bits per heavy atom. The number of benzene rings is 8. The fourth-order valence-electron chi connectivity index (χ4n) is 15.4. The number of nitrogens with zero attached hydrogens (tertiary/aromatic N) is 2. The molecule has 4 fully saturated rings. The van der Waals surface area contributed by atoms with Gasteiger partial charge in [-0.3, -0.25) is 0 Å². The average molecular weight is 1100 g/mol. The second-order valence-electron chi connectivity index (χ2n) is 30.3. The first-order valence-electron chi connectivity index (χ1n) is 30.7. The highest BCUT2D eigenvalue weighted by molar-refractivity contribution is 6.92. The van der Waals surface area contributed by atoms with E-state index in [1.807, 2.05) is 0 Å². The highest BCUT2D eigenvalue weighted by atomic mass is 28.3. The molecule has 4 bridgehead atoms. The van der Waals surface area contributed by atoms with Crippen LogP contribution in [0.25, 0.3) is 32.3 Å². The van der Waals surface area contributed by atoms with E-state index in [1.165, 1.54) is 129 Å². The number of hydrogen-bond acceptors (Lipinski definition) is 2. The first-order valence-corrected chi connectivity index (χ1v) is 44.7. The van der Waals surface area contributed by atoms with Crippen LogP contribution in [0.3, 0.4) is 0 Å². The molecule has 0 amide bonds. The maximum absolute atomic E-state index is 2.71. The number of rotatable bonds is 14. The molecule has 0 N–H and O–H groups in total. The van der Waals surface area contributed by atoms with Crippen molar-refractivity contribution < 1.29 is 0 Å². The van der Waals surface area contributed by atoms with Crippen LogP contribution in [0, 0.1) is 23.7 Å². The highest BCUT2D eigenvalue weighted by Crippen LogP contribution is 2.56. The third kappa shape index (κ3) is 9.62. The van der Waals surface area contributed by atoms with Gasteiger partial charge in [0.05, 0.1) is 43.7 Å². The Morgan fingerprint density at radius 2 is 0.667 bits per heavy atom. The Bertz CT molecular complexity index is 3260. The minimum absolute atomic E-state index is 0.319. The molecule has 2 nitrogen and oxygen atoms in total. The van der Waals surface area contributed by atoms with Crippen LogP contribution in [-0.2, 0) is 0 Å². The predicted molar refractivity (Wildman–Crippen MR) is 356 cm³/mol. The Balaban J connectivity index is 1.14. The third-order valence-electron chi connectivity index (χ3n) is 20.1. The molecule has 0 spiro atoms. The second-order valence-corrected chi connectivity index (χ2v) is 50.6. The predicted octanol–water partition coefficient (Wildman–Crippen LogP) is 19.8. The number of hydrogen-bond donors (Lipinski definition) is 0. The van der Waals surface area contributed by atoms with E-state index in [0.717, 1.165) is 23.7 Å². The topological polar surface area (TPSA) is 6.48 Å². The molecule has 4 aliphatic rings. The smallest absolute Gasteiger partial charge is 0.0776 e. The van der Waals surface area contributed by atoms with Crippen molar-refractivity contribution >= 4 is 119 Å². The van der Waals surface area contributed by atoms with Crippen molar-refractivity contribution in [2.45, 2.75) is 181 Å². The van der Waals surface area contributed by atoms with E-state index in [1.54, 1.807) is 31.9 Å². The lowest BCUT2D eigenvalue weighted by Gasteiger charge is -2.34. The quantitative estimate of drug-likeness (QED) is 0.0791. The minimum Gasteiger partial charge on any atom is -0.310 e. The largest absolute Gasteiger partial charge is 0.310 e. The van der Waals surface area contributed by atoms with Crippen molar-refractivity contribution in [3.8, 4) is 0 Å². The van der Waals surface area contributed by atoms with Crippen LogP contribution in [0.2, 0.25) is 78.6 Å². The van der Waals surface area contributed by atoms with Gasteiger partial charge in [-0.1, -0.05) is 201 Å². The van der Waals surface area contributed by atoms with Crippen LogP contribution in [-0.4, -0.2) is 32.3 Å². The van der Waals surface area contributed by atoms with Crippen LogP contribution < -0.4 is 30.5 Å². The molecule has 0 aromatic heterocycles. The maximum atomic E-state index is 2.71. The Morgan fingerprint density at radius 1 is 0.346 bits per heavy atom. The Labute approximate surface area is 474 Å². The fraction of sp³-hybridized carbons (Fsp3) is 0.444. The van der Waals surface area contributed by atoms with Crippen molar-refractivity contribution in [2.75, 3.05) is 9.80 Å². The normalized spacial score (nSPS) is 21.7. The van der Waals surface area contributed by atoms with Crippen LogP contribution in [0.15, 0.2) is 121 Å². The van der Waals surface area contributed by atoms with Crippen molar-refractivity contribution in [1.82, 2.24) is 0 Å². The van der Waals surface area contributed by atoms with Gasteiger partial charge in [0.25, 0.3) is 0 Å². The molecule has 0 saturated heterocycles. The van der Waals surface area contributed by atoms with E-state index in [2.05, 4.69) is 237 Å². The molecule has 12 rings (SSSR count). The summed E-state index contributed by atoms with van der Waals surface area (Å²) >= 11 is 0. The first-order chi connectivity index (χ1) is 36.8. The van der Waals surface area contributed by atoms with E-state index in [0.29, 0.717) is 23.7 Å². The van der Waals surface area contributed by atoms with E-state index >= 15 is 0 Å². The molecular formula is C72H92N2Si4. The standard InChI is InChI=1S/C72H92N2Si4/c1-45(2)65-43-69(73(55-37-57(75(5,6)7)41-58(38-55)76(8,9)10)53-25-21-49(22-26-53)67-35-47-17-19-51(67)33-47)63-32-30-62-66(46(3)4)44-70(64-31-29-61(65)71(63)72(62)64)74(56-39-59(77(11,12)13)42-60(40-56)78(14,15)16)54-27-23-50(24-28-54)68-36-48-18-20-52(68)34-48/h21-32,37-48,51-52,67-68H,17-20,33-36H2,1-16H3. The van der Waals surface area contributed by atoms with Crippen molar-refractivity contribution in [1.29, 1.82) is 0 Å². The van der Waals surface area contributed by atoms with Crippen molar-refractivity contribution in [2.24, 2.45) is 23.7 Å². The van der Waals surface area contributed by atoms with Gasteiger partial charge in [-0.05, 0) is 190 Å². The summed E-state index contributed by atoms with van der Waals surface area (Å²) in [6.07, 6.45) is 11.3. The summed E-state index contributed by atoms with van der Waals surface area (Å²) < 4.78 is 0. The summed E-state index contributed by atoms with van der Waals surface area (Å²) in [5.41, 5.74) is 13.7. The average Bonchev–Trinajstić information content (AvgIpc) is 4.26. The van der Waals surface area contributed by atoms with Crippen molar-refractivity contribution in [3.05, 3.63) is 144 Å². The van der Waals surface area contributed by atoms with Gasteiger partial charge in [-0.25, -0.2) is 0 Å². The van der Waals surface area contributed by atoms with Gasteiger partial charge in [0.2, 0.25) is 0 Å². The second kappa shape index (κ2) is 19.5. The van der Waals surface area contributed by atoms with Gasteiger partial charge in [-0.2, -0.15) is 0 Å². The fourth-order valence-corrected chi connectivity index (χ4v) is 20.4. The van der Waals surface area contributed by atoms with Gasteiger partial charge in [0.15, 0.2) is 0 Å². The Kier molecular flexibility index (Phi) is 13.5. The van der Waals surface area contributed by atoms with E-state index in [9.17, 15) is 0 Å². The van der Waals surface area contributed by atoms with E-state index < -0.39 is 32.3 Å². The zero-order valence-electron chi connectivity index (χ0n) is 50.7. The molecule has 4 aliphatic carbocycles. The van der Waals surface area contributed by atoms with Crippen molar-refractivity contribution in [3.63, 3.8) is 0 Å². The molecule has 4 saturated carbocycles. The highest BCUT2D eigenvalue weighted by Gasteiger charge is 2.42. The zero-order chi connectivity index (χ0) is 55.1. The lowest BCUT2D eigenvalue weighted by molar-refractivity contribution is 0.420. The SMILES string of the molecule is CC(C)c1cc(N(c2ccc(C3CC4CCC3C4)cc2)c2cc([Si](C)(C)C)cc([Si](C)(C)C)c2)c2ccc3c(C(C)C)cc(N(c4ccc(C5CC6CCC5C6)cc4)c4cc([Si](C)(C)C)cc([Si](C)(C)C)c4)c4ccc1c2c34. The van der Waals surface area contributed by atoms with E-state index in [4.69, 9.17) is 0 Å². The third-order valence-corrected chi connectivity index (χ3v) is 28.2. The lowest BCUT2D eigenvalue weighted by Crippen LogP contribution is -2.45. The molecule has 0 heterocycles. The summed E-state index contributed by atoms with van der Waals surface area (Å²) in [6.45, 7) is 40.1. The van der Waals surface area contributed by atoms with Crippen LogP contribution in [0.4, 0.5) is 34.1 Å². The molecule has 0 aliphatic heterocycles. The zero-order valence-corrected chi connectivity index (χ0v) is 54.7. The van der Waals surface area contributed by atoms with Gasteiger partial charge in [0.1, 0.15) is 0 Å². The van der Waals surface area contributed by atoms with Crippen LogP contribution >= 0.6 is 0 Å². The van der Waals surface area contributed by atoms with Crippen LogP contribution in [0.5, 0.6) is 0 Å². The molecule has 6 unspecified atom stereocenters. The lowest BCUT2D eigenvalue weighted by atomic mass is 9.83. The monoisotopic (exact) mass is 1100 g/mol. The molecule has 406 valence electrons. The molecule has 8 aromatic rings. The van der Waals surface area contributed by atoms with Gasteiger partial charge >= 0.3 is 0 Å². The molecule has 6 atom stereocenters. The summed E-state index contributed by atoms with van der Waals surface area (Å²) in [5, 5.41) is 14.5. The van der Waals surface area contributed by atoms with Gasteiger partial charge in [0, 0.05) is 33.5 Å². The van der Waals surface area contributed by atoms with Gasteiger partial charge < -0.3 is 9.80 Å². The summed E-state index contributed by atoms with van der Waals surface area (Å²) in [6, 6.07) is 51.1. The summed E-state index contributed by atoms with van der Waals surface area (Å²) in [4.78, 5) is 5.42. The molecular weight excluding hydrogens is 1010 g/mol. The Hall–Kier alpha value is -4.73. The molecule has 8 aromatic carbocycles. The molecule has 6 heteroatoms. The molecule has 78 heavy (non-hydrogen) atoms. The minimum atomic E-state index is -1.73.